The highest BCUT2D eigenvalue weighted by Crippen LogP contribution is 2.47. The summed E-state index contributed by atoms with van der Waals surface area (Å²) in [5, 5.41) is 42.4. The maximum Gasteiger partial charge on any atom is 0.339 e. The minimum atomic E-state index is -1.31. The van der Waals surface area contributed by atoms with E-state index in [1.54, 1.807) is 29.4 Å². The molecule has 6 aliphatic rings. The molecule has 61 heavy (non-hydrogen) atoms. The van der Waals surface area contributed by atoms with Gasteiger partial charge in [-0.15, -0.1) is 0 Å². The van der Waals surface area contributed by atoms with Gasteiger partial charge >= 0.3 is 5.97 Å². The molecule has 0 radical (unpaired) electrons. The number of aromatic nitrogens is 6. The Morgan fingerprint density at radius 1 is 0.738 bits per heavy atom. The molecule has 15 heteroatoms. The Labute approximate surface area is 356 Å². The Kier molecular flexibility index (Phi) is 10.2. The van der Waals surface area contributed by atoms with Gasteiger partial charge in [0, 0.05) is 50.0 Å². The van der Waals surface area contributed by atoms with Crippen LogP contribution in [0.25, 0.3) is 0 Å². The number of fused-ring (bicyclic) bond motifs is 3. The van der Waals surface area contributed by atoms with E-state index in [4.69, 9.17) is 9.97 Å². The molecule has 7 heterocycles. The molecule has 3 saturated carbocycles. The molecular weight excluding hydrogens is 773 g/mol. The number of carboxylic acids is 1. The van der Waals surface area contributed by atoms with Crippen LogP contribution in [0.3, 0.4) is 0 Å². The van der Waals surface area contributed by atoms with Gasteiger partial charge in [0.05, 0.1) is 37.0 Å². The maximum absolute atomic E-state index is 13.3. The van der Waals surface area contributed by atoms with E-state index in [0.717, 1.165) is 109 Å². The molecular formula is C46H58N10O5. The number of nitrogens with zero attached hydrogens (tertiary/aromatic N) is 9. The monoisotopic (exact) mass is 830 g/mol. The van der Waals surface area contributed by atoms with Crippen LogP contribution >= 0.6 is 0 Å². The molecule has 5 atom stereocenters. The average Bonchev–Trinajstić information content (AvgIpc) is 3.65. The molecule has 322 valence electrons. The van der Waals surface area contributed by atoms with Gasteiger partial charge in [0.15, 0.2) is 0 Å². The zero-order valence-electron chi connectivity index (χ0n) is 36.3. The lowest BCUT2D eigenvalue weighted by molar-refractivity contribution is 0.0612. The third-order valence-corrected chi connectivity index (χ3v) is 13.4. The Morgan fingerprint density at radius 2 is 1.21 bits per heavy atom. The van der Waals surface area contributed by atoms with E-state index in [-0.39, 0.29) is 23.2 Å². The molecule has 0 bridgehead atoms. The second kappa shape index (κ2) is 15.2. The van der Waals surface area contributed by atoms with E-state index in [2.05, 4.69) is 49.4 Å². The first kappa shape index (κ1) is 41.0. The lowest BCUT2D eigenvalue weighted by Gasteiger charge is -2.20. The van der Waals surface area contributed by atoms with Crippen LogP contribution in [0.15, 0.2) is 52.8 Å². The van der Waals surface area contributed by atoms with Gasteiger partial charge in [-0.05, 0) is 132 Å². The first-order valence-electron chi connectivity index (χ1n) is 21.7. The molecule has 4 aromatic rings. The lowest BCUT2D eigenvalue weighted by Crippen LogP contribution is -2.38. The molecule has 0 aromatic carbocycles. The summed E-state index contributed by atoms with van der Waals surface area (Å²) in [5.41, 5.74) is 5.97. The molecule has 2 saturated heterocycles. The molecule has 4 aromatic heterocycles. The number of carboxylic acid groups (broad SMARTS) is 1. The number of hydrogen-bond acceptors (Lipinski definition) is 11. The second-order valence-electron chi connectivity index (χ2n) is 19.3. The van der Waals surface area contributed by atoms with Crippen molar-refractivity contribution in [3.8, 4) is 0 Å². The minimum absolute atomic E-state index is 0.0241. The van der Waals surface area contributed by atoms with Crippen LogP contribution in [-0.4, -0.2) is 101 Å². The Hall–Kier alpha value is -5.41. The highest BCUT2D eigenvalue weighted by molar-refractivity contribution is 6.10. The minimum Gasteiger partial charge on any atom is -0.478 e. The number of nitrogens with one attached hydrogen (secondary N) is 1. The normalized spacial score (nSPS) is 23.7. The van der Waals surface area contributed by atoms with Crippen LogP contribution in [0.1, 0.15) is 115 Å². The summed E-state index contributed by atoms with van der Waals surface area (Å²) in [5.74, 6) is 4.19. The number of aromatic carboxylic acids is 1. The van der Waals surface area contributed by atoms with Crippen LogP contribution in [-0.2, 0) is 24.3 Å². The summed E-state index contributed by atoms with van der Waals surface area (Å²) in [6, 6.07) is 8.19. The van der Waals surface area contributed by atoms with Gasteiger partial charge in [0.1, 0.15) is 39.8 Å². The lowest BCUT2D eigenvalue weighted by atomic mass is 10.0. The quantitative estimate of drug-likeness (QED) is 0.159. The van der Waals surface area contributed by atoms with E-state index >= 15 is 0 Å². The summed E-state index contributed by atoms with van der Waals surface area (Å²) in [7, 11) is 0. The van der Waals surface area contributed by atoms with E-state index in [0.29, 0.717) is 24.3 Å². The molecule has 0 spiro atoms. The van der Waals surface area contributed by atoms with Crippen LogP contribution in [0.5, 0.6) is 0 Å². The van der Waals surface area contributed by atoms with Gasteiger partial charge in [-0.2, -0.15) is 10.2 Å². The molecule has 10 rings (SSSR count). The van der Waals surface area contributed by atoms with E-state index in [9.17, 15) is 24.9 Å². The fraction of sp³-hybridized carbons (Fsp3) is 0.543. The predicted molar refractivity (Wildman–Crippen MR) is 231 cm³/mol. The standard InChI is InChI=1S/C27H34N6O2.C19H24N4O3/c1-15-10-28-24-20(15)6-7-22(24)30-26(34)21-14-33(31-25(21)27(3,4)35)13-17-5-8-23(29-16(17)2)32-11-18-9-19(18)12-32;1-11-12(4-5-16(20-11)22-7-13-6-14(13)8-22)9-23-10-15(18(24)25)17(21-23)19(2,3)26/h5,8,14,18-19,22,35H,6-7,9-13H2,1-4H3,(H,30,34);4-5,10,13-14,26H,6-9H2,1-3H3,(H,24,25)/t18?,19?,22-;/m1./s1. The van der Waals surface area contributed by atoms with Crippen molar-refractivity contribution in [2.24, 2.45) is 28.7 Å². The van der Waals surface area contributed by atoms with Gasteiger partial charge in [0.25, 0.3) is 5.91 Å². The summed E-state index contributed by atoms with van der Waals surface area (Å²) in [6.45, 7) is 18.6. The topological polar surface area (TPSA) is 187 Å². The van der Waals surface area contributed by atoms with Crippen LogP contribution in [0.2, 0.25) is 0 Å². The number of hydrogen-bond donors (Lipinski definition) is 4. The van der Waals surface area contributed by atoms with Crippen LogP contribution < -0.4 is 15.1 Å². The van der Waals surface area contributed by atoms with Gasteiger partial charge in [-0.25, -0.2) is 14.8 Å². The first-order chi connectivity index (χ1) is 28.9. The van der Waals surface area contributed by atoms with Crippen molar-refractivity contribution in [1.29, 1.82) is 0 Å². The van der Waals surface area contributed by atoms with Crippen molar-refractivity contribution >= 4 is 29.2 Å². The van der Waals surface area contributed by atoms with E-state index in [1.165, 1.54) is 44.0 Å². The van der Waals surface area contributed by atoms with Crippen molar-refractivity contribution in [2.45, 2.75) is 104 Å². The molecule has 1 amide bonds. The number of amides is 1. The smallest absolute Gasteiger partial charge is 0.339 e. The summed E-state index contributed by atoms with van der Waals surface area (Å²) < 4.78 is 3.31. The third-order valence-electron chi connectivity index (χ3n) is 13.4. The molecule has 5 fully saturated rings. The van der Waals surface area contributed by atoms with E-state index in [1.807, 2.05) is 26.0 Å². The number of rotatable bonds is 11. The third kappa shape index (κ3) is 8.33. The SMILES string of the molecule is CC1=C2CC[C@@H](NC(=O)c3cn(Cc4ccc(N5CC6CC6C5)nc4C)nc3C(C)(C)O)C2=NC1.Cc1nc(N2CC3CC3C2)ccc1Cn1cc(C(=O)O)c(C(C)(C)O)n1. The first-order valence-corrected chi connectivity index (χ1v) is 21.7. The molecule has 4 unspecified atom stereocenters. The number of carbonyl (C=O) groups excluding carboxylic acids is 1. The van der Waals surface area contributed by atoms with Crippen molar-refractivity contribution in [1.82, 2.24) is 34.8 Å². The highest BCUT2D eigenvalue weighted by atomic mass is 16.4. The van der Waals surface area contributed by atoms with Gasteiger partial charge in [0.2, 0.25) is 0 Å². The number of anilines is 2. The number of aliphatic imine (C=N–C) groups is 1. The molecule has 3 aliphatic carbocycles. The fourth-order valence-corrected chi connectivity index (χ4v) is 9.67. The van der Waals surface area contributed by atoms with Crippen LogP contribution in [0.4, 0.5) is 11.6 Å². The van der Waals surface area contributed by atoms with Crippen molar-refractivity contribution in [3.05, 3.63) is 92.8 Å². The van der Waals surface area contributed by atoms with Crippen molar-refractivity contribution in [3.63, 3.8) is 0 Å². The largest absolute Gasteiger partial charge is 0.478 e. The number of aliphatic hydroxyl groups is 2. The Morgan fingerprint density at radius 3 is 1.66 bits per heavy atom. The van der Waals surface area contributed by atoms with Gasteiger partial charge < -0.3 is 30.4 Å². The number of piperidine rings is 2. The second-order valence-corrected chi connectivity index (χ2v) is 19.3. The molecule has 15 nitrogen and oxygen atoms in total. The maximum atomic E-state index is 13.3. The number of pyridine rings is 2. The fourth-order valence-electron chi connectivity index (χ4n) is 9.67. The molecule has 3 aliphatic heterocycles. The summed E-state index contributed by atoms with van der Waals surface area (Å²) >= 11 is 0. The summed E-state index contributed by atoms with van der Waals surface area (Å²) in [6.07, 6.45) is 7.77. The highest BCUT2D eigenvalue weighted by Gasteiger charge is 2.46. The van der Waals surface area contributed by atoms with Gasteiger partial charge in [-0.1, -0.05) is 12.1 Å². The zero-order chi connectivity index (χ0) is 43.1. The number of aryl methyl sites for hydroxylation is 2. The van der Waals surface area contributed by atoms with Gasteiger partial charge in [-0.3, -0.25) is 19.2 Å². The Balaban J connectivity index is 0.000000163. The number of carbonyl (C=O) groups is 2. The summed E-state index contributed by atoms with van der Waals surface area (Å²) in [4.78, 5) is 43.7. The predicted octanol–water partition coefficient (Wildman–Crippen LogP) is 5.00. The van der Waals surface area contributed by atoms with E-state index < -0.39 is 17.2 Å². The Bertz CT molecular complexity index is 2450. The molecule has 4 N–H and O–H groups in total. The van der Waals surface area contributed by atoms with Crippen LogP contribution in [0, 0.1) is 37.5 Å². The van der Waals surface area contributed by atoms with Crippen molar-refractivity contribution in [2.75, 3.05) is 42.5 Å². The average molecular weight is 831 g/mol. The van der Waals surface area contributed by atoms with Crippen molar-refractivity contribution < 1.29 is 24.9 Å². The zero-order valence-corrected chi connectivity index (χ0v) is 36.3.